The molecule has 0 aliphatic heterocycles. The van der Waals surface area contributed by atoms with E-state index in [0.29, 0.717) is 5.75 Å². The number of furan rings is 1. The van der Waals surface area contributed by atoms with Crippen LogP contribution < -0.4 is 9.47 Å². The summed E-state index contributed by atoms with van der Waals surface area (Å²) in [7, 11) is -0.897. The Labute approximate surface area is 156 Å². The molecule has 0 N–H and O–H groups in total. The van der Waals surface area contributed by atoms with Crippen LogP contribution in [0.3, 0.4) is 0 Å². The van der Waals surface area contributed by atoms with Crippen LogP contribution in [-0.2, 0) is 23.1 Å². The van der Waals surface area contributed by atoms with Gasteiger partial charge in [0.1, 0.15) is 16.4 Å². The van der Waals surface area contributed by atoms with E-state index in [2.05, 4.69) is 0 Å². The molecule has 0 fully saturated rings. The van der Waals surface area contributed by atoms with Gasteiger partial charge in [0, 0.05) is 29.6 Å². The maximum atomic E-state index is 13.4. The number of benzene rings is 1. The SMILES string of the molecule is COc1ccc(OC)c(S(=O)(=O)N(Cc2ccoc2)Cc2cccs2)c1. The molecule has 0 bridgehead atoms. The first-order valence-electron chi connectivity index (χ1n) is 7.80. The summed E-state index contributed by atoms with van der Waals surface area (Å²) < 4.78 is 43.7. The summed E-state index contributed by atoms with van der Waals surface area (Å²) in [6.07, 6.45) is 3.07. The van der Waals surface area contributed by atoms with E-state index < -0.39 is 10.0 Å². The molecule has 138 valence electrons. The number of rotatable bonds is 8. The van der Waals surface area contributed by atoms with E-state index in [4.69, 9.17) is 13.9 Å². The molecule has 0 spiro atoms. The summed E-state index contributed by atoms with van der Waals surface area (Å²) in [4.78, 5) is 1.01. The van der Waals surface area contributed by atoms with Crippen LogP contribution in [-0.4, -0.2) is 26.9 Å². The molecule has 0 saturated carbocycles. The highest BCUT2D eigenvalue weighted by Gasteiger charge is 2.29. The Morgan fingerprint density at radius 2 is 1.96 bits per heavy atom. The van der Waals surface area contributed by atoms with Crippen molar-refractivity contribution in [3.05, 3.63) is 64.7 Å². The van der Waals surface area contributed by atoms with Crippen LogP contribution in [0.4, 0.5) is 0 Å². The summed E-state index contributed by atoms with van der Waals surface area (Å²) in [6, 6.07) is 10.3. The Morgan fingerprint density at radius 3 is 2.58 bits per heavy atom. The predicted molar refractivity (Wildman–Crippen MR) is 99.0 cm³/mol. The van der Waals surface area contributed by atoms with Crippen LogP contribution in [0.1, 0.15) is 10.4 Å². The summed E-state index contributed by atoms with van der Waals surface area (Å²) in [5.41, 5.74) is 0.770. The third-order valence-corrected chi connectivity index (χ3v) is 6.51. The van der Waals surface area contributed by atoms with Crippen molar-refractivity contribution in [1.29, 1.82) is 0 Å². The van der Waals surface area contributed by atoms with E-state index in [1.807, 2.05) is 17.5 Å². The largest absolute Gasteiger partial charge is 0.497 e. The summed E-state index contributed by atoms with van der Waals surface area (Å²) in [5, 5.41) is 1.92. The highest BCUT2D eigenvalue weighted by atomic mass is 32.2. The Kier molecular flexibility index (Phi) is 5.65. The van der Waals surface area contributed by atoms with E-state index in [9.17, 15) is 8.42 Å². The molecule has 3 aromatic rings. The van der Waals surface area contributed by atoms with Crippen molar-refractivity contribution in [1.82, 2.24) is 4.31 Å². The second kappa shape index (κ2) is 7.94. The second-order valence-corrected chi connectivity index (χ2v) is 8.44. The van der Waals surface area contributed by atoms with Gasteiger partial charge in [-0.1, -0.05) is 6.07 Å². The number of thiophene rings is 1. The van der Waals surface area contributed by atoms with Crippen molar-refractivity contribution >= 4 is 21.4 Å². The fourth-order valence-corrected chi connectivity index (χ4v) is 4.89. The van der Waals surface area contributed by atoms with Gasteiger partial charge in [-0.3, -0.25) is 0 Å². The van der Waals surface area contributed by atoms with Gasteiger partial charge in [-0.2, -0.15) is 4.31 Å². The molecule has 1 aromatic carbocycles. The molecule has 0 aliphatic rings. The Bertz CT molecular complexity index is 898. The molecular formula is C18H19NO5S2. The third kappa shape index (κ3) is 3.92. The molecule has 26 heavy (non-hydrogen) atoms. The quantitative estimate of drug-likeness (QED) is 0.583. The van der Waals surface area contributed by atoms with Crippen LogP contribution in [0.25, 0.3) is 0 Å². The predicted octanol–water partition coefficient (Wildman–Crippen LogP) is 3.75. The number of ether oxygens (including phenoxy) is 2. The minimum atomic E-state index is -3.84. The average molecular weight is 393 g/mol. The van der Waals surface area contributed by atoms with Gasteiger partial charge in [-0.25, -0.2) is 8.42 Å². The highest BCUT2D eigenvalue weighted by molar-refractivity contribution is 7.89. The topological polar surface area (TPSA) is 69.0 Å². The van der Waals surface area contributed by atoms with Gasteiger partial charge in [0.25, 0.3) is 0 Å². The number of hydrogen-bond donors (Lipinski definition) is 0. The summed E-state index contributed by atoms with van der Waals surface area (Å²) >= 11 is 1.51. The van der Waals surface area contributed by atoms with Crippen molar-refractivity contribution in [2.75, 3.05) is 14.2 Å². The first-order valence-corrected chi connectivity index (χ1v) is 10.1. The zero-order valence-corrected chi connectivity index (χ0v) is 16.0. The zero-order chi connectivity index (χ0) is 18.6. The molecule has 0 radical (unpaired) electrons. The van der Waals surface area contributed by atoms with Crippen LogP contribution >= 0.6 is 11.3 Å². The molecule has 0 aliphatic carbocycles. The molecular weight excluding hydrogens is 374 g/mol. The molecule has 6 nitrogen and oxygen atoms in total. The first-order chi connectivity index (χ1) is 12.5. The maximum Gasteiger partial charge on any atom is 0.247 e. The lowest BCUT2D eigenvalue weighted by Crippen LogP contribution is -2.30. The number of methoxy groups -OCH3 is 2. The first kappa shape index (κ1) is 18.5. The third-order valence-electron chi connectivity index (χ3n) is 3.84. The molecule has 8 heteroatoms. The molecule has 0 saturated heterocycles. The fraction of sp³-hybridized carbons (Fsp3) is 0.222. The van der Waals surface area contributed by atoms with Gasteiger partial charge in [-0.05, 0) is 29.6 Å². The van der Waals surface area contributed by atoms with Crippen LogP contribution in [0.15, 0.2) is 63.6 Å². The van der Waals surface area contributed by atoms with Gasteiger partial charge in [0.2, 0.25) is 10.0 Å². The van der Waals surface area contributed by atoms with E-state index in [-0.39, 0.29) is 23.7 Å². The van der Waals surface area contributed by atoms with Gasteiger partial charge < -0.3 is 13.9 Å². The minimum Gasteiger partial charge on any atom is -0.497 e. The molecule has 0 unspecified atom stereocenters. The Balaban J connectivity index is 2.03. The molecule has 3 rings (SSSR count). The van der Waals surface area contributed by atoms with E-state index in [1.165, 1.54) is 42.2 Å². The van der Waals surface area contributed by atoms with Crippen LogP contribution in [0, 0.1) is 0 Å². The Hall–Kier alpha value is -2.29. The van der Waals surface area contributed by atoms with E-state index >= 15 is 0 Å². The average Bonchev–Trinajstić information content (AvgIpc) is 3.34. The normalized spacial score (nSPS) is 11.7. The maximum absolute atomic E-state index is 13.4. The van der Waals surface area contributed by atoms with Gasteiger partial charge in [-0.15, -0.1) is 11.3 Å². The zero-order valence-electron chi connectivity index (χ0n) is 14.4. The second-order valence-electron chi connectivity index (χ2n) is 5.50. The van der Waals surface area contributed by atoms with Crippen molar-refractivity contribution in [2.45, 2.75) is 18.0 Å². The number of nitrogens with zero attached hydrogens (tertiary/aromatic N) is 1. The number of hydrogen-bond acceptors (Lipinski definition) is 6. The van der Waals surface area contributed by atoms with Crippen molar-refractivity contribution in [3.8, 4) is 11.5 Å². The van der Waals surface area contributed by atoms with Gasteiger partial charge >= 0.3 is 0 Å². The van der Waals surface area contributed by atoms with Crippen LogP contribution in [0.2, 0.25) is 0 Å². The monoisotopic (exact) mass is 393 g/mol. The van der Waals surface area contributed by atoms with Crippen LogP contribution in [0.5, 0.6) is 11.5 Å². The molecule has 2 heterocycles. The van der Waals surface area contributed by atoms with Crippen molar-refractivity contribution in [3.63, 3.8) is 0 Å². The number of sulfonamides is 1. The molecule has 2 aromatic heterocycles. The smallest absolute Gasteiger partial charge is 0.247 e. The van der Waals surface area contributed by atoms with Gasteiger partial charge in [0.15, 0.2) is 0 Å². The fourth-order valence-electron chi connectivity index (χ4n) is 2.51. The molecule has 0 amide bonds. The lowest BCUT2D eigenvalue weighted by molar-refractivity contribution is 0.377. The molecule has 0 atom stereocenters. The van der Waals surface area contributed by atoms with E-state index in [1.54, 1.807) is 24.5 Å². The summed E-state index contributed by atoms with van der Waals surface area (Å²) in [6.45, 7) is 0.447. The van der Waals surface area contributed by atoms with Gasteiger partial charge in [0.05, 0.1) is 26.7 Å². The lowest BCUT2D eigenvalue weighted by atomic mass is 10.3. The van der Waals surface area contributed by atoms with E-state index in [0.717, 1.165) is 10.4 Å². The lowest BCUT2D eigenvalue weighted by Gasteiger charge is -2.22. The Morgan fingerprint density at radius 1 is 1.12 bits per heavy atom. The minimum absolute atomic E-state index is 0.0689. The summed E-state index contributed by atoms with van der Waals surface area (Å²) in [5.74, 6) is 0.720. The van der Waals surface area contributed by atoms with Crippen molar-refractivity contribution < 1.29 is 22.3 Å². The van der Waals surface area contributed by atoms with Crippen molar-refractivity contribution in [2.24, 2.45) is 0 Å². The standard InChI is InChI=1S/C18H19NO5S2/c1-22-15-5-6-17(23-2)18(10-15)26(20,21)19(11-14-7-8-24-13-14)12-16-4-3-9-25-16/h3-10,13H,11-12H2,1-2H3. The highest BCUT2D eigenvalue weighted by Crippen LogP contribution is 2.32.